The van der Waals surface area contributed by atoms with Crippen molar-refractivity contribution < 1.29 is 0 Å². The quantitative estimate of drug-likeness (QED) is 0.785. The summed E-state index contributed by atoms with van der Waals surface area (Å²) in [5.74, 6) is 0. The second kappa shape index (κ2) is 4.15. The second-order valence-electron chi connectivity index (χ2n) is 3.32. The van der Waals surface area contributed by atoms with Crippen LogP contribution in [0, 0.1) is 3.57 Å². The Bertz CT molecular complexity index is 308. The van der Waals surface area contributed by atoms with Crippen LogP contribution in [0.2, 0.25) is 5.02 Å². The minimum absolute atomic E-state index is 0.523. The lowest BCUT2D eigenvalue weighted by molar-refractivity contribution is 0.648. The van der Waals surface area contributed by atoms with E-state index in [1.165, 1.54) is 18.4 Å². The molecule has 0 spiro atoms. The zero-order chi connectivity index (χ0) is 9.26. The van der Waals surface area contributed by atoms with Crippen molar-refractivity contribution >= 4 is 34.2 Å². The summed E-state index contributed by atoms with van der Waals surface area (Å²) in [4.78, 5) is 0. The van der Waals surface area contributed by atoms with Gasteiger partial charge in [0.2, 0.25) is 0 Å². The average Bonchev–Trinajstić information content (AvgIpc) is 2.62. The fourth-order valence-corrected chi connectivity index (χ4v) is 2.22. The first-order valence-corrected chi connectivity index (χ1v) is 5.91. The summed E-state index contributed by atoms with van der Waals surface area (Å²) < 4.78 is 1.13. The van der Waals surface area contributed by atoms with Crippen molar-refractivity contribution in [3.63, 3.8) is 0 Å². The molecule has 3 heteroatoms. The van der Waals surface area contributed by atoms with E-state index in [2.05, 4.69) is 46.1 Å². The Labute approximate surface area is 97.0 Å². The van der Waals surface area contributed by atoms with Gasteiger partial charge in [-0.3, -0.25) is 0 Å². The fourth-order valence-electron chi connectivity index (χ4n) is 1.70. The summed E-state index contributed by atoms with van der Waals surface area (Å²) >= 11 is 8.31. The molecule has 1 atom stereocenters. The fraction of sp³-hybridized carbons (Fsp3) is 0.400. The first kappa shape index (κ1) is 9.74. The highest BCUT2D eigenvalue weighted by atomic mass is 127. The highest BCUT2D eigenvalue weighted by Gasteiger charge is 2.16. The predicted molar refractivity (Wildman–Crippen MR) is 64.1 cm³/mol. The normalized spacial score (nSPS) is 22.2. The molecule has 2 rings (SSSR count). The van der Waals surface area contributed by atoms with E-state index in [-0.39, 0.29) is 0 Å². The molecule has 13 heavy (non-hydrogen) atoms. The molecule has 1 aliphatic heterocycles. The van der Waals surface area contributed by atoms with Crippen molar-refractivity contribution in [3.8, 4) is 0 Å². The van der Waals surface area contributed by atoms with Gasteiger partial charge in [-0.05, 0) is 59.7 Å². The van der Waals surface area contributed by atoms with Crippen LogP contribution in [-0.4, -0.2) is 6.54 Å². The van der Waals surface area contributed by atoms with Crippen LogP contribution in [0.1, 0.15) is 24.4 Å². The lowest BCUT2D eigenvalue weighted by atomic mass is 10.1. The molecule has 1 saturated heterocycles. The molecular formula is C10H11ClIN. The van der Waals surface area contributed by atoms with Crippen molar-refractivity contribution in [2.75, 3.05) is 6.54 Å². The Morgan fingerprint density at radius 1 is 1.46 bits per heavy atom. The zero-order valence-electron chi connectivity index (χ0n) is 7.19. The average molecular weight is 308 g/mol. The molecule has 1 aromatic carbocycles. The van der Waals surface area contributed by atoms with Gasteiger partial charge >= 0.3 is 0 Å². The number of rotatable bonds is 1. The van der Waals surface area contributed by atoms with Crippen molar-refractivity contribution in [1.82, 2.24) is 5.32 Å². The number of hydrogen-bond acceptors (Lipinski definition) is 1. The predicted octanol–water partition coefficient (Wildman–Crippen LogP) is 3.37. The maximum Gasteiger partial charge on any atom is 0.0542 e. The van der Waals surface area contributed by atoms with Crippen molar-refractivity contribution in [2.45, 2.75) is 18.9 Å². The Kier molecular flexibility index (Phi) is 3.11. The maximum absolute atomic E-state index is 6.06. The molecule has 0 bridgehead atoms. The van der Waals surface area contributed by atoms with Crippen molar-refractivity contribution in [1.29, 1.82) is 0 Å². The van der Waals surface area contributed by atoms with E-state index in [4.69, 9.17) is 11.6 Å². The number of nitrogens with one attached hydrogen (secondary N) is 1. The third kappa shape index (κ3) is 2.17. The van der Waals surface area contributed by atoms with Gasteiger partial charge in [0.05, 0.1) is 5.02 Å². The summed E-state index contributed by atoms with van der Waals surface area (Å²) in [6.07, 6.45) is 2.51. The third-order valence-electron chi connectivity index (χ3n) is 2.41. The molecule has 1 N–H and O–H groups in total. The highest BCUT2D eigenvalue weighted by molar-refractivity contribution is 14.1. The molecule has 0 aliphatic carbocycles. The topological polar surface area (TPSA) is 12.0 Å². The van der Waals surface area contributed by atoms with Gasteiger partial charge in [0, 0.05) is 9.61 Å². The van der Waals surface area contributed by atoms with Gasteiger partial charge in [0.25, 0.3) is 0 Å². The van der Waals surface area contributed by atoms with Crippen LogP contribution < -0.4 is 5.32 Å². The number of benzene rings is 1. The molecule has 1 fully saturated rings. The zero-order valence-corrected chi connectivity index (χ0v) is 10.1. The van der Waals surface area contributed by atoms with Gasteiger partial charge in [-0.1, -0.05) is 17.7 Å². The van der Waals surface area contributed by atoms with E-state index < -0.39 is 0 Å². The van der Waals surface area contributed by atoms with Crippen molar-refractivity contribution in [3.05, 3.63) is 32.4 Å². The summed E-state index contributed by atoms with van der Waals surface area (Å²) in [6, 6.07) is 6.84. The van der Waals surface area contributed by atoms with Crippen LogP contribution in [0.3, 0.4) is 0 Å². The lowest BCUT2D eigenvalue weighted by Crippen LogP contribution is -2.12. The molecule has 0 radical (unpaired) electrons. The molecule has 0 aromatic heterocycles. The molecule has 0 unspecified atom stereocenters. The molecular weight excluding hydrogens is 296 g/mol. The molecule has 1 aromatic rings. The largest absolute Gasteiger partial charge is 0.310 e. The second-order valence-corrected chi connectivity index (χ2v) is 4.89. The lowest BCUT2D eigenvalue weighted by Gasteiger charge is -2.10. The van der Waals surface area contributed by atoms with Gasteiger partial charge in [-0.15, -0.1) is 0 Å². The smallest absolute Gasteiger partial charge is 0.0542 e. The Balaban J connectivity index is 2.25. The van der Waals surface area contributed by atoms with Gasteiger partial charge < -0.3 is 5.32 Å². The van der Waals surface area contributed by atoms with Crippen LogP contribution in [0.15, 0.2) is 18.2 Å². The molecule has 70 valence electrons. The van der Waals surface area contributed by atoms with Crippen molar-refractivity contribution in [2.24, 2.45) is 0 Å². The van der Waals surface area contributed by atoms with Gasteiger partial charge in [-0.2, -0.15) is 0 Å². The standard InChI is InChI=1S/C10H11ClIN/c11-8-6-7(3-4-9(8)12)10-2-1-5-13-10/h3-4,6,10,13H,1-2,5H2/t10-/m1/s1. The summed E-state index contributed by atoms with van der Waals surface area (Å²) in [7, 11) is 0. The van der Waals surface area contributed by atoms with E-state index in [1.807, 2.05) is 0 Å². The number of hydrogen-bond donors (Lipinski definition) is 1. The molecule has 1 nitrogen and oxygen atoms in total. The summed E-state index contributed by atoms with van der Waals surface area (Å²) in [5, 5.41) is 4.33. The van der Waals surface area contributed by atoms with Crippen LogP contribution in [0.25, 0.3) is 0 Å². The van der Waals surface area contributed by atoms with E-state index in [1.54, 1.807) is 0 Å². The molecule has 1 heterocycles. The van der Waals surface area contributed by atoms with Gasteiger partial charge in [-0.25, -0.2) is 0 Å². The van der Waals surface area contributed by atoms with Crippen LogP contribution >= 0.6 is 34.2 Å². The van der Waals surface area contributed by atoms with Crippen LogP contribution in [-0.2, 0) is 0 Å². The third-order valence-corrected chi connectivity index (χ3v) is 3.98. The van der Waals surface area contributed by atoms with Crippen LogP contribution in [0.5, 0.6) is 0 Å². The van der Waals surface area contributed by atoms with Gasteiger partial charge in [0.15, 0.2) is 0 Å². The SMILES string of the molecule is Clc1cc([C@H]2CCCN2)ccc1I. The van der Waals surface area contributed by atoms with Gasteiger partial charge in [0.1, 0.15) is 0 Å². The van der Waals surface area contributed by atoms with Crippen LogP contribution in [0.4, 0.5) is 0 Å². The Morgan fingerprint density at radius 3 is 2.92 bits per heavy atom. The Morgan fingerprint density at radius 2 is 2.31 bits per heavy atom. The highest BCUT2D eigenvalue weighted by Crippen LogP contribution is 2.27. The van der Waals surface area contributed by atoms with E-state index >= 15 is 0 Å². The first-order valence-electron chi connectivity index (χ1n) is 4.46. The monoisotopic (exact) mass is 307 g/mol. The molecule has 0 amide bonds. The van der Waals surface area contributed by atoms with E-state index in [0.717, 1.165) is 15.1 Å². The maximum atomic E-state index is 6.06. The first-order chi connectivity index (χ1) is 6.27. The minimum atomic E-state index is 0.523. The van der Waals surface area contributed by atoms with E-state index in [9.17, 15) is 0 Å². The summed E-state index contributed by atoms with van der Waals surface area (Å²) in [6.45, 7) is 1.13. The minimum Gasteiger partial charge on any atom is -0.310 e. The number of halogens is 2. The Hall–Kier alpha value is 0.200. The van der Waals surface area contributed by atoms with E-state index in [0.29, 0.717) is 6.04 Å². The molecule has 0 saturated carbocycles. The molecule has 1 aliphatic rings. The summed E-state index contributed by atoms with van der Waals surface area (Å²) in [5.41, 5.74) is 1.32.